The smallest absolute Gasteiger partial charge is 0.247 e. The van der Waals surface area contributed by atoms with Crippen molar-refractivity contribution in [2.24, 2.45) is 0 Å². The second-order valence-electron chi connectivity index (χ2n) is 6.42. The van der Waals surface area contributed by atoms with Gasteiger partial charge in [-0.3, -0.25) is 14.5 Å². The summed E-state index contributed by atoms with van der Waals surface area (Å²) < 4.78 is 0. The summed E-state index contributed by atoms with van der Waals surface area (Å²) in [5.74, 6) is -0.107. The standard InChI is InChI=1S/C15H24N2O3/c18-13-8-4-3-7-11(13)16-12-9-14(19)17(15(12)20)10-5-1-2-6-10/h10-13,16,18H,1-9H2. The van der Waals surface area contributed by atoms with Crippen molar-refractivity contribution in [1.82, 2.24) is 10.2 Å². The Bertz CT molecular complexity index is 393. The van der Waals surface area contributed by atoms with E-state index in [9.17, 15) is 14.7 Å². The fraction of sp³-hybridized carbons (Fsp3) is 0.867. The second-order valence-corrected chi connectivity index (χ2v) is 6.42. The van der Waals surface area contributed by atoms with Gasteiger partial charge in [-0.25, -0.2) is 0 Å². The lowest BCUT2D eigenvalue weighted by molar-refractivity contribution is -0.141. The zero-order valence-electron chi connectivity index (χ0n) is 11.9. The van der Waals surface area contributed by atoms with Gasteiger partial charge in [0.1, 0.15) is 0 Å². The van der Waals surface area contributed by atoms with Gasteiger partial charge < -0.3 is 10.4 Å². The lowest BCUT2D eigenvalue weighted by Gasteiger charge is -2.30. The molecule has 0 bridgehead atoms. The van der Waals surface area contributed by atoms with E-state index in [2.05, 4.69) is 5.32 Å². The molecule has 5 nitrogen and oxygen atoms in total. The predicted octanol–water partition coefficient (Wildman–Crippen LogP) is 0.950. The summed E-state index contributed by atoms with van der Waals surface area (Å²) in [7, 11) is 0. The number of aliphatic hydroxyl groups is 1. The van der Waals surface area contributed by atoms with Crippen LogP contribution >= 0.6 is 0 Å². The summed E-state index contributed by atoms with van der Waals surface area (Å²) in [4.78, 5) is 26.1. The van der Waals surface area contributed by atoms with E-state index in [1.807, 2.05) is 0 Å². The molecule has 2 amide bonds. The van der Waals surface area contributed by atoms with E-state index in [1.165, 1.54) is 4.90 Å². The van der Waals surface area contributed by atoms with Crippen LogP contribution in [0.15, 0.2) is 0 Å². The third-order valence-electron chi connectivity index (χ3n) is 5.02. The zero-order valence-corrected chi connectivity index (χ0v) is 11.9. The summed E-state index contributed by atoms with van der Waals surface area (Å²) in [6, 6.07) is -0.326. The van der Waals surface area contributed by atoms with E-state index in [0.717, 1.165) is 51.4 Å². The Morgan fingerprint density at radius 2 is 1.65 bits per heavy atom. The molecule has 2 saturated carbocycles. The van der Waals surface area contributed by atoms with Crippen molar-refractivity contribution in [3.63, 3.8) is 0 Å². The average Bonchev–Trinajstić information content (AvgIpc) is 3.02. The molecule has 1 heterocycles. The van der Waals surface area contributed by atoms with E-state index in [0.29, 0.717) is 0 Å². The summed E-state index contributed by atoms with van der Waals surface area (Å²) in [6.07, 6.45) is 7.82. The second kappa shape index (κ2) is 5.82. The number of hydrogen-bond donors (Lipinski definition) is 2. The van der Waals surface area contributed by atoms with E-state index >= 15 is 0 Å². The van der Waals surface area contributed by atoms with Crippen LogP contribution in [0, 0.1) is 0 Å². The highest BCUT2D eigenvalue weighted by Crippen LogP contribution is 2.29. The van der Waals surface area contributed by atoms with E-state index < -0.39 is 6.04 Å². The Labute approximate surface area is 119 Å². The van der Waals surface area contributed by atoms with E-state index in [-0.39, 0.29) is 36.4 Å². The highest BCUT2D eigenvalue weighted by molar-refractivity contribution is 6.05. The first kappa shape index (κ1) is 14.0. The normalized spacial score (nSPS) is 36.0. The molecular weight excluding hydrogens is 256 g/mol. The Morgan fingerprint density at radius 1 is 1.00 bits per heavy atom. The van der Waals surface area contributed by atoms with Crippen molar-refractivity contribution in [3.8, 4) is 0 Å². The molecule has 0 spiro atoms. The molecule has 1 saturated heterocycles. The summed E-state index contributed by atoms with van der Waals surface area (Å²) in [6.45, 7) is 0. The molecule has 3 rings (SSSR count). The molecule has 0 aromatic heterocycles. The zero-order chi connectivity index (χ0) is 14.1. The van der Waals surface area contributed by atoms with Crippen LogP contribution < -0.4 is 5.32 Å². The first-order valence-corrected chi connectivity index (χ1v) is 7.97. The van der Waals surface area contributed by atoms with Gasteiger partial charge in [-0.15, -0.1) is 0 Å². The number of hydrogen-bond acceptors (Lipinski definition) is 4. The van der Waals surface area contributed by atoms with Crippen molar-refractivity contribution in [2.45, 2.75) is 82.0 Å². The maximum Gasteiger partial charge on any atom is 0.247 e. The van der Waals surface area contributed by atoms with Crippen LogP contribution in [0.25, 0.3) is 0 Å². The number of likely N-dealkylation sites (tertiary alicyclic amines) is 1. The fourth-order valence-corrected chi connectivity index (χ4v) is 3.89. The monoisotopic (exact) mass is 280 g/mol. The van der Waals surface area contributed by atoms with Crippen molar-refractivity contribution >= 4 is 11.8 Å². The molecule has 2 aliphatic carbocycles. The molecule has 1 aliphatic heterocycles. The topological polar surface area (TPSA) is 69.6 Å². The van der Waals surface area contributed by atoms with Gasteiger partial charge in [-0.1, -0.05) is 25.7 Å². The number of amides is 2. The molecule has 112 valence electrons. The number of rotatable bonds is 3. The molecule has 0 aromatic rings. The lowest BCUT2D eigenvalue weighted by Crippen LogP contribution is -2.50. The number of carbonyl (C=O) groups is 2. The number of nitrogens with zero attached hydrogens (tertiary/aromatic N) is 1. The van der Waals surface area contributed by atoms with Gasteiger partial charge in [0.05, 0.1) is 18.6 Å². The maximum absolute atomic E-state index is 12.4. The van der Waals surface area contributed by atoms with Crippen molar-refractivity contribution in [3.05, 3.63) is 0 Å². The summed E-state index contributed by atoms with van der Waals surface area (Å²) >= 11 is 0. The van der Waals surface area contributed by atoms with Gasteiger partial charge in [0.15, 0.2) is 0 Å². The molecule has 0 radical (unpaired) electrons. The van der Waals surface area contributed by atoms with Gasteiger partial charge in [0.25, 0.3) is 0 Å². The third-order valence-corrected chi connectivity index (χ3v) is 5.02. The Balaban J connectivity index is 1.63. The van der Waals surface area contributed by atoms with Crippen LogP contribution in [0.1, 0.15) is 57.8 Å². The van der Waals surface area contributed by atoms with Crippen LogP contribution in [0.2, 0.25) is 0 Å². The first-order chi connectivity index (χ1) is 9.66. The molecule has 2 N–H and O–H groups in total. The van der Waals surface area contributed by atoms with Gasteiger partial charge in [0, 0.05) is 12.1 Å². The SMILES string of the molecule is O=C1CC(NC2CCCCC2O)C(=O)N1C1CCCC1. The molecule has 20 heavy (non-hydrogen) atoms. The van der Waals surface area contributed by atoms with Gasteiger partial charge in [-0.2, -0.15) is 0 Å². The van der Waals surface area contributed by atoms with Gasteiger partial charge in [-0.05, 0) is 25.7 Å². The summed E-state index contributed by atoms with van der Waals surface area (Å²) in [5.41, 5.74) is 0. The Morgan fingerprint density at radius 3 is 2.35 bits per heavy atom. The minimum atomic E-state index is -0.416. The van der Waals surface area contributed by atoms with Crippen LogP contribution in [0.5, 0.6) is 0 Å². The van der Waals surface area contributed by atoms with Crippen molar-refractivity contribution < 1.29 is 14.7 Å². The van der Waals surface area contributed by atoms with Crippen molar-refractivity contribution in [2.75, 3.05) is 0 Å². The molecule has 3 fully saturated rings. The molecule has 5 heteroatoms. The number of aliphatic hydroxyl groups excluding tert-OH is 1. The van der Waals surface area contributed by atoms with Crippen LogP contribution in [-0.2, 0) is 9.59 Å². The molecule has 0 aromatic carbocycles. The lowest BCUT2D eigenvalue weighted by atomic mass is 9.92. The van der Waals surface area contributed by atoms with Gasteiger partial charge in [0.2, 0.25) is 11.8 Å². The van der Waals surface area contributed by atoms with Crippen LogP contribution in [-0.4, -0.2) is 46.1 Å². The molecule has 3 atom stereocenters. The summed E-state index contributed by atoms with van der Waals surface area (Å²) in [5, 5.41) is 13.2. The van der Waals surface area contributed by atoms with E-state index in [4.69, 9.17) is 0 Å². The Kier molecular flexibility index (Phi) is 4.08. The first-order valence-electron chi connectivity index (χ1n) is 7.97. The van der Waals surface area contributed by atoms with Crippen molar-refractivity contribution in [1.29, 1.82) is 0 Å². The quantitative estimate of drug-likeness (QED) is 0.755. The highest BCUT2D eigenvalue weighted by Gasteiger charge is 2.44. The van der Waals surface area contributed by atoms with E-state index in [1.54, 1.807) is 0 Å². The fourth-order valence-electron chi connectivity index (χ4n) is 3.89. The van der Waals surface area contributed by atoms with Gasteiger partial charge >= 0.3 is 0 Å². The minimum absolute atomic E-state index is 0.0333. The molecule has 3 aliphatic rings. The maximum atomic E-state index is 12.4. The third kappa shape index (κ3) is 2.61. The largest absolute Gasteiger partial charge is 0.392 e. The molecule has 3 unspecified atom stereocenters. The minimum Gasteiger partial charge on any atom is -0.392 e. The number of carbonyl (C=O) groups excluding carboxylic acids is 2. The number of imide groups is 1. The average molecular weight is 280 g/mol. The predicted molar refractivity (Wildman–Crippen MR) is 73.9 cm³/mol. The highest BCUT2D eigenvalue weighted by atomic mass is 16.3. The molecular formula is C15H24N2O3. The van der Waals surface area contributed by atoms with Crippen LogP contribution in [0.4, 0.5) is 0 Å². The van der Waals surface area contributed by atoms with Crippen LogP contribution in [0.3, 0.4) is 0 Å². The Hall–Kier alpha value is -0.940. The number of nitrogens with one attached hydrogen (secondary N) is 1.